The molecule has 1 aromatic heterocycles. The summed E-state index contributed by atoms with van der Waals surface area (Å²) in [5.74, 6) is 0.572. The molecule has 0 unspecified atom stereocenters. The number of hydrogen-bond donors (Lipinski definition) is 2. The molecule has 0 saturated carbocycles. The van der Waals surface area contributed by atoms with E-state index in [4.69, 9.17) is 0 Å². The SMILES string of the molecule is Cc1ccc(Nc2ccccc2Nc2ccc(-c3cccc([N+](=O)[O-])c3)nn2)cc1. The zero-order valence-corrected chi connectivity index (χ0v) is 16.2. The van der Waals surface area contributed by atoms with E-state index in [-0.39, 0.29) is 5.69 Å². The number of nitro benzene ring substituents is 1. The Balaban J connectivity index is 1.53. The summed E-state index contributed by atoms with van der Waals surface area (Å²) in [6, 6.07) is 25.9. The lowest BCUT2D eigenvalue weighted by Gasteiger charge is -2.13. The minimum Gasteiger partial charge on any atom is -0.354 e. The smallest absolute Gasteiger partial charge is 0.270 e. The van der Waals surface area contributed by atoms with Crippen molar-refractivity contribution in [3.05, 3.63) is 101 Å². The van der Waals surface area contributed by atoms with Gasteiger partial charge in [0.2, 0.25) is 0 Å². The van der Waals surface area contributed by atoms with E-state index in [9.17, 15) is 10.1 Å². The molecule has 4 aromatic rings. The highest BCUT2D eigenvalue weighted by Crippen LogP contribution is 2.28. The van der Waals surface area contributed by atoms with Gasteiger partial charge in [-0.2, -0.15) is 0 Å². The summed E-state index contributed by atoms with van der Waals surface area (Å²) in [5, 5.41) is 26.1. The van der Waals surface area contributed by atoms with E-state index in [1.807, 2.05) is 36.4 Å². The van der Waals surface area contributed by atoms with E-state index < -0.39 is 4.92 Å². The first kappa shape index (κ1) is 19.1. The third kappa shape index (κ3) is 4.41. The topological polar surface area (TPSA) is 93.0 Å². The first-order chi connectivity index (χ1) is 14.6. The molecule has 2 N–H and O–H groups in total. The Kier molecular flexibility index (Phi) is 5.34. The first-order valence-electron chi connectivity index (χ1n) is 9.37. The average molecular weight is 397 g/mol. The first-order valence-corrected chi connectivity index (χ1v) is 9.37. The summed E-state index contributed by atoms with van der Waals surface area (Å²) in [4.78, 5) is 10.5. The number of para-hydroxylation sites is 2. The van der Waals surface area contributed by atoms with Crippen LogP contribution < -0.4 is 10.6 Å². The minimum atomic E-state index is -0.426. The van der Waals surface area contributed by atoms with Crippen LogP contribution in [0.25, 0.3) is 11.3 Å². The number of non-ortho nitro benzene ring substituents is 1. The molecule has 0 spiro atoms. The summed E-state index contributed by atoms with van der Waals surface area (Å²) in [6.45, 7) is 2.05. The third-order valence-electron chi connectivity index (χ3n) is 4.54. The molecule has 7 heteroatoms. The van der Waals surface area contributed by atoms with E-state index in [1.54, 1.807) is 24.3 Å². The zero-order chi connectivity index (χ0) is 20.9. The Bertz CT molecular complexity index is 1170. The minimum absolute atomic E-state index is 0.0209. The van der Waals surface area contributed by atoms with Crippen LogP contribution >= 0.6 is 0 Å². The standard InChI is InChI=1S/C23H19N5O2/c1-16-9-11-18(12-10-16)24-21-7-2-3-8-22(21)25-23-14-13-20(26-27-23)17-5-4-6-19(15-17)28(29)30/h2-15,24H,1H3,(H,25,27). The Morgan fingerprint density at radius 3 is 2.20 bits per heavy atom. The summed E-state index contributed by atoms with van der Waals surface area (Å²) in [7, 11) is 0. The van der Waals surface area contributed by atoms with E-state index in [0.717, 1.165) is 17.1 Å². The molecule has 0 radical (unpaired) electrons. The molecular formula is C23H19N5O2. The number of nitrogens with one attached hydrogen (secondary N) is 2. The predicted molar refractivity (Wildman–Crippen MR) is 118 cm³/mol. The van der Waals surface area contributed by atoms with Gasteiger partial charge in [-0.15, -0.1) is 10.2 Å². The van der Waals surface area contributed by atoms with Gasteiger partial charge in [-0.1, -0.05) is 42.0 Å². The molecule has 0 saturated heterocycles. The summed E-state index contributed by atoms with van der Waals surface area (Å²) in [5.41, 5.74) is 5.18. The third-order valence-corrected chi connectivity index (χ3v) is 4.54. The number of nitrogens with zero attached hydrogens (tertiary/aromatic N) is 3. The maximum Gasteiger partial charge on any atom is 0.270 e. The fraction of sp³-hybridized carbons (Fsp3) is 0.0435. The number of nitro groups is 1. The van der Waals surface area contributed by atoms with E-state index in [2.05, 4.69) is 39.9 Å². The fourth-order valence-electron chi connectivity index (χ4n) is 2.96. The van der Waals surface area contributed by atoms with Crippen molar-refractivity contribution in [3.63, 3.8) is 0 Å². The van der Waals surface area contributed by atoms with Crippen LogP contribution in [0.2, 0.25) is 0 Å². The number of rotatable bonds is 6. The van der Waals surface area contributed by atoms with Gasteiger partial charge in [0, 0.05) is 23.4 Å². The van der Waals surface area contributed by atoms with Gasteiger partial charge in [-0.25, -0.2) is 0 Å². The monoisotopic (exact) mass is 397 g/mol. The highest BCUT2D eigenvalue weighted by Gasteiger charge is 2.09. The van der Waals surface area contributed by atoms with Crippen molar-refractivity contribution in [3.8, 4) is 11.3 Å². The number of aryl methyl sites for hydroxylation is 1. The van der Waals surface area contributed by atoms with Gasteiger partial charge in [0.05, 0.1) is 22.0 Å². The maximum atomic E-state index is 11.0. The lowest BCUT2D eigenvalue weighted by molar-refractivity contribution is -0.384. The molecular weight excluding hydrogens is 378 g/mol. The van der Waals surface area contributed by atoms with Crippen molar-refractivity contribution in [2.45, 2.75) is 6.92 Å². The van der Waals surface area contributed by atoms with Gasteiger partial charge in [0.25, 0.3) is 5.69 Å². The molecule has 4 rings (SSSR count). The van der Waals surface area contributed by atoms with Crippen molar-refractivity contribution in [1.29, 1.82) is 0 Å². The van der Waals surface area contributed by atoms with E-state index >= 15 is 0 Å². The molecule has 148 valence electrons. The van der Waals surface area contributed by atoms with Gasteiger partial charge < -0.3 is 10.6 Å². The fourth-order valence-corrected chi connectivity index (χ4v) is 2.96. The van der Waals surface area contributed by atoms with E-state index in [1.165, 1.54) is 17.7 Å². The number of benzene rings is 3. The average Bonchev–Trinajstić information content (AvgIpc) is 2.77. The summed E-state index contributed by atoms with van der Waals surface area (Å²) < 4.78 is 0. The summed E-state index contributed by atoms with van der Waals surface area (Å²) >= 11 is 0. The van der Waals surface area contributed by atoms with Crippen molar-refractivity contribution in [2.24, 2.45) is 0 Å². The van der Waals surface area contributed by atoms with Gasteiger partial charge in [-0.05, 0) is 43.3 Å². The van der Waals surface area contributed by atoms with Crippen molar-refractivity contribution < 1.29 is 4.92 Å². The Morgan fingerprint density at radius 2 is 1.53 bits per heavy atom. The van der Waals surface area contributed by atoms with Gasteiger partial charge >= 0.3 is 0 Å². The predicted octanol–water partition coefficient (Wildman–Crippen LogP) is 5.85. The van der Waals surface area contributed by atoms with Crippen LogP contribution in [0.4, 0.5) is 28.6 Å². The van der Waals surface area contributed by atoms with Crippen LogP contribution in [0.3, 0.4) is 0 Å². The maximum absolute atomic E-state index is 11.0. The Hall–Kier alpha value is -4.26. The highest BCUT2D eigenvalue weighted by atomic mass is 16.6. The zero-order valence-electron chi connectivity index (χ0n) is 16.2. The molecule has 0 aliphatic rings. The molecule has 0 atom stereocenters. The normalized spacial score (nSPS) is 10.4. The number of hydrogen-bond acceptors (Lipinski definition) is 6. The molecule has 0 amide bonds. The second-order valence-electron chi connectivity index (χ2n) is 6.77. The van der Waals surface area contributed by atoms with Gasteiger partial charge in [0.15, 0.2) is 5.82 Å². The van der Waals surface area contributed by atoms with Crippen LogP contribution in [-0.4, -0.2) is 15.1 Å². The van der Waals surface area contributed by atoms with Gasteiger partial charge in [0.1, 0.15) is 0 Å². The van der Waals surface area contributed by atoms with Gasteiger partial charge in [-0.3, -0.25) is 10.1 Å². The number of aromatic nitrogens is 2. The molecule has 0 aliphatic heterocycles. The molecule has 30 heavy (non-hydrogen) atoms. The van der Waals surface area contributed by atoms with Crippen LogP contribution in [-0.2, 0) is 0 Å². The lowest BCUT2D eigenvalue weighted by atomic mass is 10.1. The van der Waals surface area contributed by atoms with Crippen molar-refractivity contribution >= 4 is 28.6 Å². The largest absolute Gasteiger partial charge is 0.354 e. The Morgan fingerprint density at radius 1 is 0.800 bits per heavy atom. The Labute approximate surface area is 173 Å². The second-order valence-corrected chi connectivity index (χ2v) is 6.77. The lowest BCUT2D eigenvalue weighted by Crippen LogP contribution is -2.00. The molecule has 1 heterocycles. The van der Waals surface area contributed by atoms with Crippen LogP contribution in [0, 0.1) is 17.0 Å². The second kappa shape index (κ2) is 8.40. The molecule has 0 aliphatic carbocycles. The van der Waals surface area contributed by atoms with Crippen LogP contribution in [0.5, 0.6) is 0 Å². The van der Waals surface area contributed by atoms with Crippen LogP contribution in [0.1, 0.15) is 5.56 Å². The highest BCUT2D eigenvalue weighted by molar-refractivity contribution is 5.77. The van der Waals surface area contributed by atoms with Crippen molar-refractivity contribution in [1.82, 2.24) is 10.2 Å². The van der Waals surface area contributed by atoms with Crippen molar-refractivity contribution in [2.75, 3.05) is 10.6 Å². The summed E-state index contributed by atoms with van der Waals surface area (Å²) in [6.07, 6.45) is 0. The molecule has 3 aromatic carbocycles. The quantitative estimate of drug-likeness (QED) is 0.313. The van der Waals surface area contributed by atoms with Crippen LogP contribution in [0.15, 0.2) is 84.9 Å². The number of anilines is 4. The molecule has 0 fully saturated rings. The molecule has 0 bridgehead atoms. The molecule has 7 nitrogen and oxygen atoms in total. The van der Waals surface area contributed by atoms with E-state index in [0.29, 0.717) is 17.1 Å².